The molecule has 4 fully saturated rings. The summed E-state index contributed by atoms with van der Waals surface area (Å²) in [5.74, 6) is 3.72. The number of nitrogen functional groups attached to an aromatic ring is 1. The Kier molecular flexibility index (Phi) is 2.14. The van der Waals surface area contributed by atoms with E-state index < -0.39 is 0 Å². The van der Waals surface area contributed by atoms with Gasteiger partial charge in [0.2, 0.25) is 0 Å². The van der Waals surface area contributed by atoms with Gasteiger partial charge in [-0.2, -0.15) is 5.10 Å². The first-order valence-electron chi connectivity index (χ1n) is 7.21. The van der Waals surface area contributed by atoms with Crippen LogP contribution in [0.1, 0.15) is 38.5 Å². The molecule has 4 bridgehead atoms. The standard InChI is InChI=1S/C15H21N3/c16-14-1-3-17-18(14)4-2-15-8-11-5-12(9-15)7-13(6-11)10-15/h1-4,11-13H,5-10,16H2/b4-2-. The van der Waals surface area contributed by atoms with Crippen molar-refractivity contribution in [3.05, 3.63) is 18.3 Å². The van der Waals surface area contributed by atoms with E-state index in [1.165, 1.54) is 38.5 Å². The van der Waals surface area contributed by atoms with Gasteiger partial charge in [0.25, 0.3) is 0 Å². The Morgan fingerprint density at radius 3 is 2.28 bits per heavy atom. The van der Waals surface area contributed by atoms with Crippen molar-refractivity contribution in [1.29, 1.82) is 0 Å². The molecule has 0 radical (unpaired) electrons. The molecule has 0 spiro atoms. The predicted molar refractivity (Wildman–Crippen MR) is 72.6 cm³/mol. The van der Waals surface area contributed by atoms with Gasteiger partial charge in [0, 0.05) is 12.3 Å². The fourth-order valence-corrected chi connectivity index (χ4v) is 5.06. The van der Waals surface area contributed by atoms with Gasteiger partial charge in [-0.3, -0.25) is 0 Å². The largest absolute Gasteiger partial charge is 0.384 e. The normalized spacial score (nSPS) is 41.9. The third kappa shape index (κ3) is 1.60. The summed E-state index contributed by atoms with van der Waals surface area (Å²) in [5.41, 5.74) is 6.33. The zero-order valence-electron chi connectivity index (χ0n) is 10.8. The van der Waals surface area contributed by atoms with Gasteiger partial charge >= 0.3 is 0 Å². The Bertz CT molecular complexity index is 450. The molecule has 4 aliphatic carbocycles. The summed E-state index contributed by atoms with van der Waals surface area (Å²) in [6.07, 6.45) is 15.0. The Labute approximate surface area is 108 Å². The van der Waals surface area contributed by atoms with Crippen molar-refractivity contribution in [2.24, 2.45) is 23.2 Å². The first kappa shape index (κ1) is 10.7. The molecule has 0 atom stereocenters. The van der Waals surface area contributed by atoms with Crippen molar-refractivity contribution < 1.29 is 0 Å². The van der Waals surface area contributed by atoms with Gasteiger partial charge in [0.15, 0.2) is 0 Å². The van der Waals surface area contributed by atoms with Gasteiger partial charge in [-0.05, 0) is 61.7 Å². The van der Waals surface area contributed by atoms with Crippen molar-refractivity contribution in [1.82, 2.24) is 9.78 Å². The maximum Gasteiger partial charge on any atom is 0.126 e. The SMILES string of the molecule is Nc1ccnn1/C=C\C12CC3CC(CC(C3)C1)C2. The summed E-state index contributed by atoms with van der Waals surface area (Å²) in [4.78, 5) is 0. The third-order valence-corrected chi connectivity index (χ3v) is 5.36. The molecule has 0 amide bonds. The minimum atomic E-state index is 0.465. The van der Waals surface area contributed by atoms with E-state index >= 15 is 0 Å². The lowest BCUT2D eigenvalue weighted by Gasteiger charge is -2.55. The van der Waals surface area contributed by atoms with Crippen LogP contribution >= 0.6 is 0 Å². The summed E-state index contributed by atoms with van der Waals surface area (Å²) in [5, 5.41) is 4.24. The molecule has 0 aliphatic heterocycles. The van der Waals surface area contributed by atoms with E-state index in [1.54, 1.807) is 10.9 Å². The van der Waals surface area contributed by atoms with Gasteiger partial charge in [-0.1, -0.05) is 6.08 Å². The highest BCUT2D eigenvalue weighted by Gasteiger charge is 2.49. The van der Waals surface area contributed by atoms with E-state index in [1.807, 2.05) is 6.07 Å². The van der Waals surface area contributed by atoms with E-state index in [9.17, 15) is 0 Å². The van der Waals surface area contributed by atoms with Crippen LogP contribution in [-0.4, -0.2) is 9.78 Å². The molecule has 3 heteroatoms. The molecule has 1 aromatic rings. The second-order valence-electron chi connectivity index (χ2n) is 6.80. The van der Waals surface area contributed by atoms with Crippen LogP contribution in [-0.2, 0) is 0 Å². The van der Waals surface area contributed by atoms with Crippen LogP contribution in [0.4, 0.5) is 5.82 Å². The number of nitrogens with zero attached hydrogens (tertiary/aromatic N) is 2. The predicted octanol–water partition coefficient (Wildman–Crippen LogP) is 3.15. The van der Waals surface area contributed by atoms with Crippen LogP contribution in [0.3, 0.4) is 0 Å². The zero-order valence-corrected chi connectivity index (χ0v) is 10.8. The quantitative estimate of drug-likeness (QED) is 0.867. The lowest BCUT2D eigenvalue weighted by Crippen LogP contribution is -2.45. The molecule has 1 heterocycles. The van der Waals surface area contributed by atoms with Crippen molar-refractivity contribution in [2.45, 2.75) is 38.5 Å². The van der Waals surface area contributed by atoms with Crippen molar-refractivity contribution in [2.75, 3.05) is 5.73 Å². The van der Waals surface area contributed by atoms with Crippen molar-refractivity contribution in [3.63, 3.8) is 0 Å². The highest BCUT2D eigenvalue weighted by Crippen LogP contribution is 2.60. The first-order chi connectivity index (χ1) is 8.72. The highest BCUT2D eigenvalue weighted by atomic mass is 15.3. The van der Waals surface area contributed by atoms with Gasteiger partial charge in [-0.15, -0.1) is 0 Å². The van der Waals surface area contributed by atoms with E-state index in [2.05, 4.69) is 17.4 Å². The maximum absolute atomic E-state index is 5.87. The fraction of sp³-hybridized carbons (Fsp3) is 0.667. The number of rotatable bonds is 2. The van der Waals surface area contributed by atoms with Gasteiger partial charge in [-0.25, -0.2) is 4.68 Å². The number of nitrogens with two attached hydrogens (primary N) is 1. The third-order valence-electron chi connectivity index (χ3n) is 5.36. The minimum Gasteiger partial charge on any atom is -0.384 e. The van der Waals surface area contributed by atoms with Crippen molar-refractivity contribution in [3.8, 4) is 0 Å². The summed E-state index contributed by atoms with van der Waals surface area (Å²) in [6, 6.07) is 1.85. The van der Waals surface area contributed by atoms with Crippen LogP contribution in [0.15, 0.2) is 18.3 Å². The number of hydrogen-bond acceptors (Lipinski definition) is 2. The van der Waals surface area contributed by atoms with E-state index in [0.717, 1.165) is 23.6 Å². The van der Waals surface area contributed by atoms with Crippen molar-refractivity contribution >= 4 is 12.0 Å². The Balaban J connectivity index is 1.61. The summed E-state index contributed by atoms with van der Waals surface area (Å²) >= 11 is 0. The Hall–Kier alpha value is -1.25. The molecule has 3 nitrogen and oxygen atoms in total. The number of anilines is 1. The molecule has 5 rings (SSSR count). The summed E-state index contributed by atoms with van der Waals surface area (Å²) in [6.45, 7) is 0. The molecule has 4 aliphatic rings. The average molecular weight is 243 g/mol. The second-order valence-corrected chi connectivity index (χ2v) is 6.80. The van der Waals surface area contributed by atoms with E-state index in [-0.39, 0.29) is 0 Å². The van der Waals surface area contributed by atoms with Crippen LogP contribution in [0.2, 0.25) is 0 Å². The van der Waals surface area contributed by atoms with E-state index in [0.29, 0.717) is 5.41 Å². The molecule has 0 saturated heterocycles. The highest BCUT2D eigenvalue weighted by molar-refractivity contribution is 5.38. The molecule has 2 N–H and O–H groups in total. The lowest BCUT2D eigenvalue weighted by atomic mass is 9.50. The first-order valence-corrected chi connectivity index (χ1v) is 7.21. The monoisotopic (exact) mass is 243 g/mol. The Morgan fingerprint density at radius 1 is 1.17 bits per heavy atom. The number of allylic oxidation sites excluding steroid dienone is 1. The number of aromatic nitrogens is 2. The topological polar surface area (TPSA) is 43.8 Å². The average Bonchev–Trinajstić information content (AvgIpc) is 2.70. The molecular formula is C15H21N3. The van der Waals surface area contributed by atoms with Crippen LogP contribution in [0, 0.1) is 23.2 Å². The molecule has 1 aromatic heterocycles. The van der Waals surface area contributed by atoms with Crippen LogP contribution < -0.4 is 5.73 Å². The van der Waals surface area contributed by atoms with Crippen LogP contribution in [0.5, 0.6) is 0 Å². The molecule has 96 valence electrons. The van der Waals surface area contributed by atoms with Gasteiger partial charge in [0.05, 0.1) is 6.20 Å². The Morgan fingerprint density at radius 2 is 1.78 bits per heavy atom. The lowest BCUT2D eigenvalue weighted by molar-refractivity contribution is -0.0234. The van der Waals surface area contributed by atoms with E-state index in [4.69, 9.17) is 5.73 Å². The van der Waals surface area contributed by atoms with Gasteiger partial charge < -0.3 is 5.73 Å². The fourth-order valence-electron chi connectivity index (χ4n) is 5.06. The molecular weight excluding hydrogens is 222 g/mol. The minimum absolute atomic E-state index is 0.465. The van der Waals surface area contributed by atoms with Gasteiger partial charge in [0.1, 0.15) is 5.82 Å². The zero-order chi connectivity index (χ0) is 12.2. The summed E-state index contributed by atoms with van der Waals surface area (Å²) < 4.78 is 1.80. The molecule has 0 aromatic carbocycles. The molecule has 0 unspecified atom stereocenters. The summed E-state index contributed by atoms with van der Waals surface area (Å²) in [7, 11) is 0. The second kappa shape index (κ2) is 3.62. The molecule has 18 heavy (non-hydrogen) atoms. The number of hydrogen-bond donors (Lipinski definition) is 1. The smallest absolute Gasteiger partial charge is 0.126 e. The maximum atomic E-state index is 5.87. The van der Waals surface area contributed by atoms with Crippen LogP contribution in [0.25, 0.3) is 6.20 Å². The molecule has 4 saturated carbocycles.